The van der Waals surface area contributed by atoms with Crippen LogP contribution in [0.15, 0.2) is 24.4 Å². The average molecular weight is 443 g/mol. The minimum atomic E-state index is -0.861. The van der Waals surface area contributed by atoms with Gasteiger partial charge in [0.05, 0.1) is 12.1 Å². The van der Waals surface area contributed by atoms with Crippen LogP contribution in [0, 0.1) is 11.7 Å². The number of carboxylic acids is 1. The number of likely N-dealkylation sites (N-methyl/N-ethyl adjacent to an activating group) is 1. The summed E-state index contributed by atoms with van der Waals surface area (Å²) < 4.78 is 14.3. The Morgan fingerprint density at radius 2 is 2.03 bits per heavy atom. The molecule has 0 amide bonds. The van der Waals surface area contributed by atoms with Crippen molar-refractivity contribution in [3.63, 3.8) is 0 Å². The number of hydrogen-bond acceptors (Lipinski definition) is 7. The second kappa shape index (κ2) is 9.68. The van der Waals surface area contributed by atoms with Crippen molar-refractivity contribution in [1.82, 2.24) is 14.9 Å². The van der Waals surface area contributed by atoms with Crippen LogP contribution in [0.25, 0.3) is 0 Å². The quantitative estimate of drug-likeness (QED) is 0.601. The van der Waals surface area contributed by atoms with Gasteiger partial charge in [-0.05, 0) is 50.1 Å². The van der Waals surface area contributed by atoms with Crippen LogP contribution < -0.4 is 15.5 Å². The summed E-state index contributed by atoms with van der Waals surface area (Å²) in [5.41, 5.74) is 3.31. The molecule has 2 atom stereocenters. The molecule has 1 aromatic carbocycles. The van der Waals surface area contributed by atoms with Gasteiger partial charge in [-0.3, -0.25) is 4.79 Å². The van der Waals surface area contributed by atoms with E-state index in [0.29, 0.717) is 12.8 Å². The fraction of sp³-hybridized carbons (Fsp3) is 0.522. The minimum Gasteiger partial charge on any atom is -0.481 e. The molecule has 0 spiro atoms. The molecule has 1 aliphatic carbocycles. The molecule has 2 aromatic rings. The summed E-state index contributed by atoms with van der Waals surface area (Å²) in [6.07, 6.45) is 4.07. The van der Waals surface area contributed by atoms with E-state index in [1.165, 1.54) is 11.3 Å². The Morgan fingerprint density at radius 3 is 2.75 bits per heavy atom. The summed E-state index contributed by atoms with van der Waals surface area (Å²) in [6.45, 7) is 6.24. The predicted molar refractivity (Wildman–Crippen MR) is 123 cm³/mol. The minimum absolute atomic E-state index is 0.0328. The van der Waals surface area contributed by atoms with Crippen LogP contribution in [0.2, 0.25) is 0 Å². The maximum atomic E-state index is 14.3. The molecule has 0 bridgehead atoms. The van der Waals surface area contributed by atoms with Crippen LogP contribution >= 0.6 is 0 Å². The number of carbonyl (C=O) groups is 1. The highest BCUT2D eigenvalue weighted by atomic mass is 19.1. The van der Waals surface area contributed by atoms with Gasteiger partial charge in [-0.2, -0.15) is 4.98 Å². The van der Waals surface area contributed by atoms with Gasteiger partial charge in [-0.1, -0.05) is 13.3 Å². The van der Waals surface area contributed by atoms with Crippen molar-refractivity contribution < 1.29 is 14.3 Å². The van der Waals surface area contributed by atoms with E-state index >= 15 is 0 Å². The Balaban J connectivity index is 1.49. The van der Waals surface area contributed by atoms with Crippen molar-refractivity contribution in [2.45, 2.75) is 38.6 Å². The zero-order chi connectivity index (χ0) is 22.7. The number of hydrogen-bond donors (Lipinski definition) is 3. The number of benzene rings is 1. The van der Waals surface area contributed by atoms with Crippen molar-refractivity contribution >= 4 is 29.1 Å². The molecule has 3 N–H and O–H groups in total. The summed E-state index contributed by atoms with van der Waals surface area (Å²) in [6, 6.07) is 5.86. The first-order chi connectivity index (χ1) is 15.4. The number of aliphatic carboxylic acids is 1. The maximum Gasteiger partial charge on any atom is 0.308 e. The third kappa shape index (κ3) is 4.93. The van der Waals surface area contributed by atoms with E-state index in [-0.39, 0.29) is 17.8 Å². The number of anilines is 4. The molecule has 172 valence electrons. The number of aryl methyl sites for hydroxylation is 1. The Kier molecular flexibility index (Phi) is 6.74. The van der Waals surface area contributed by atoms with Crippen LogP contribution in [-0.2, 0) is 11.2 Å². The second-order valence-electron chi connectivity index (χ2n) is 8.63. The van der Waals surface area contributed by atoms with Crippen molar-refractivity contribution in [2.75, 3.05) is 48.8 Å². The van der Waals surface area contributed by atoms with Gasteiger partial charge < -0.3 is 25.5 Å². The topological polar surface area (TPSA) is 93.6 Å². The van der Waals surface area contributed by atoms with Gasteiger partial charge in [0.15, 0.2) is 11.6 Å². The monoisotopic (exact) mass is 442 g/mol. The highest BCUT2D eigenvalue weighted by molar-refractivity contribution is 5.72. The largest absolute Gasteiger partial charge is 0.481 e. The molecular weight excluding hydrogens is 411 g/mol. The molecule has 1 saturated heterocycles. The van der Waals surface area contributed by atoms with E-state index < -0.39 is 17.7 Å². The third-order valence-electron chi connectivity index (χ3n) is 6.46. The van der Waals surface area contributed by atoms with E-state index in [2.05, 4.69) is 56.5 Å². The van der Waals surface area contributed by atoms with E-state index in [9.17, 15) is 14.3 Å². The van der Waals surface area contributed by atoms with Gasteiger partial charge in [0.25, 0.3) is 0 Å². The van der Waals surface area contributed by atoms with Gasteiger partial charge in [0, 0.05) is 43.6 Å². The number of halogens is 1. The predicted octanol–water partition coefficient (Wildman–Crippen LogP) is 3.34. The molecule has 9 heteroatoms. The Labute approximate surface area is 187 Å². The fourth-order valence-electron chi connectivity index (χ4n) is 4.56. The van der Waals surface area contributed by atoms with Crippen molar-refractivity contribution in [3.8, 4) is 0 Å². The van der Waals surface area contributed by atoms with Gasteiger partial charge in [0.2, 0.25) is 5.95 Å². The molecule has 1 aromatic heterocycles. The average Bonchev–Trinajstić information content (AvgIpc) is 3.25. The first-order valence-corrected chi connectivity index (χ1v) is 11.3. The van der Waals surface area contributed by atoms with E-state index in [0.717, 1.165) is 50.9 Å². The SMILES string of the molecule is CCc1cc(Nc2ncc(F)c(N[C@H]3CCC[C@@H]3C(=O)O)n2)ccc1N1CCN(C)CC1. The number of rotatable bonds is 7. The lowest BCUT2D eigenvalue weighted by molar-refractivity contribution is -0.141. The third-order valence-corrected chi connectivity index (χ3v) is 6.46. The van der Waals surface area contributed by atoms with E-state index in [1.54, 1.807) is 0 Å². The summed E-state index contributed by atoms with van der Waals surface area (Å²) in [4.78, 5) is 24.5. The lowest BCUT2D eigenvalue weighted by atomic mass is 10.0. The highest BCUT2D eigenvalue weighted by Gasteiger charge is 2.33. The van der Waals surface area contributed by atoms with Crippen molar-refractivity contribution in [3.05, 3.63) is 35.8 Å². The Bertz CT molecular complexity index is 963. The van der Waals surface area contributed by atoms with Crippen LogP contribution in [0.3, 0.4) is 0 Å². The maximum absolute atomic E-state index is 14.3. The molecule has 2 heterocycles. The smallest absolute Gasteiger partial charge is 0.308 e. The van der Waals surface area contributed by atoms with E-state index in [4.69, 9.17) is 0 Å². The molecule has 0 unspecified atom stereocenters. The summed E-state index contributed by atoms with van der Waals surface area (Å²) in [5, 5.41) is 15.5. The van der Waals surface area contributed by atoms with Crippen LogP contribution in [0.5, 0.6) is 0 Å². The van der Waals surface area contributed by atoms with Gasteiger partial charge in [-0.15, -0.1) is 0 Å². The van der Waals surface area contributed by atoms with Crippen molar-refractivity contribution in [1.29, 1.82) is 0 Å². The normalized spacial score (nSPS) is 21.5. The standard InChI is InChI=1S/C23H31FN6O2/c1-3-15-13-16(7-8-20(15)30-11-9-29(2)10-12-30)26-23-25-14-18(24)21(28-23)27-19-6-4-5-17(19)22(31)32/h7-8,13-14,17,19H,3-6,9-12H2,1-2H3,(H,31,32)(H2,25,26,27,28)/t17-,19-/m0/s1. The number of piperazine rings is 1. The lowest BCUT2D eigenvalue weighted by Gasteiger charge is -2.35. The fourth-order valence-corrected chi connectivity index (χ4v) is 4.56. The Morgan fingerprint density at radius 1 is 1.25 bits per heavy atom. The zero-order valence-electron chi connectivity index (χ0n) is 18.6. The summed E-state index contributed by atoms with van der Waals surface area (Å²) in [7, 11) is 2.14. The first kappa shape index (κ1) is 22.3. The molecule has 4 rings (SSSR count). The molecular formula is C23H31FN6O2. The summed E-state index contributed by atoms with van der Waals surface area (Å²) >= 11 is 0. The zero-order valence-corrected chi connectivity index (χ0v) is 18.6. The van der Waals surface area contributed by atoms with E-state index in [1.807, 2.05) is 6.07 Å². The molecule has 32 heavy (non-hydrogen) atoms. The Hall–Kier alpha value is -2.94. The molecule has 1 saturated carbocycles. The second-order valence-corrected chi connectivity index (χ2v) is 8.63. The molecule has 2 aliphatic rings. The summed E-state index contributed by atoms with van der Waals surface area (Å²) in [5.74, 6) is -1.68. The molecule has 0 radical (unpaired) electrons. The van der Waals surface area contributed by atoms with Crippen molar-refractivity contribution in [2.24, 2.45) is 5.92 Å². The lowest BCUT2D eigenvalue weighted by Crippen LogP contribution is -2.44. The number of carboxylic acid groups (broad SMARTS) is 1. The molecule has 8 nitrogen and oxygen atoms in total. The molecule has 2 fully saturated rings. The molecule has 1 aliphatic heterocycles. The first-order valence-electron chi connectivity index (χ1n) is 11.3. The highest BCUT2D eigenvalue weighted by Crippen LogP contribution is 2.30. The number of nitrogens with zero attached hydrogens (tertiary/aromatic N) is 4. The van der Waals surface area contributed by atoms with Gasteiger partial charge >= 0.3 is 5.97 Å². The van der Waals surface area contributed by atoms with Gasteiger partial charge in [-0.25, -0.2) is 9.37 Å². The number of nitrogens with one attached hydrogen (secondary N) is 2. The van der Waals surface area contributed by atoms with Crippen LogP contribution in [0.1, 0.15) is 31.7 Å². The van der Waals surface area contributed by atoms with Crippen LogP contribution in [-0.4, -0.2) is 65.2 Å². The van der Waals surface area contributed by atoms with Crippen LogP contribution in [0.4, 0.5) is 27.5 Å². The van der Waals surface area contributed by atoms with Gasteiger partial charge in [0.1, 0.15) is 0 Å². The number of aromatic nitrogens is 2.